The Hall–Kier alpha value is -3.09. The van der Waals surface area contributed by atoms with Crippen LogP contribution in [0.25, 0.3) is 11.0 Å². The molecule has 0 spiro atoms. The van der Waals surface area contributed by atoms with Crippen molar-refractivity contribution in [1.29, 1.82) is 0 Å². The molecule has 3 aromatic rings. The van der Waals surface area contributed by atoms with Gasteiger partial charge < -0.3 is 14.4 Å². The third kappa shape index (κ3) is 2.77. The van der Waals surface area contributed by atoms with Crippen LogP contribution in [-0.2, 0) is 0 Å². The molecule has 1 aliphatic heterocycles. The number of para-hydroxylation sites is 1. The summed E-state index contributed by atoms with van der Waals surface area (Å²) >= 11 is 0. The molecule has 0 bridgehead atoms. The summed E-state index contributed by atoms with van der Waals surface area (Å²) in [6.07, 6.45) is 5.90. The highest BCUT2D eigenvalue weighted by Crippen LogP contribution is 2.26. The highest BCUT2D eigenvalue weighted by molar-refractivity contribution is 6.05. The Morgan fingerprint density at radius 2 is 1.96 bits per heavy atom. The normalized spacial score (nSPS) is 15.6. The van der Waals surface area contributed by atoms with E-state index in [1.165, 1.54) is 12.5 Å². The smallest absolute Gasteiger partial charge is 0.338 e. The van der Waals surface area contributed by atoms with Crippen molar-refractivity contribution in [2.75, 3.05) is 13.1 Å². The number of carbonyl (C=O) groups excluding carboxylic acids is 1. The van der Waals surface area contributed by atoms with Gasteiger partial charge in [0.05, 0.1) is 23.4 Å². The van der Waals surface area contributed by atoms with Gasteiger partial charge in [0, 0.05) is 24.7 Å². The van der Waals surface area contributed by atoms with E-state index in [2.05, 4.69) is 5.10 Å². The van der Waals surface area contributed by atoms with E-state index >= 15 is 0 Å². The Kier molecular flexibility index (Phi) is 3.76. The van der Waals surface area contributed by atoms with E-state index in [1.54, 1.807) is 10.9 Å². The molecule has 1 amide bonds. The number of likely N-dealkylation sites (tertiary alicyclic amines) is 1. The summed E-state index contributed by atoms with van der Waals surface area (Å²) in [5, 5.41) is 14.0. The van der Waals surface area contributed by atoms with Gasteiger partial charge in [0.2, 0.25) is 0 Å². The first-order valence-corrected chi connectivity index (χ1v) is 8.16. The highest BCUT2D eigenvalue weighted by Gasteiger charge is 2.27. The molecular weight excluding hydrogens is 322 g/mol. The molecule has 2 aromatic heterocycles. The summed E-state index contributed by atoms with van der Waals surface area (Å²) in [5.74, 6) is -1.01. The lowest BCUT2D eigenvalue weighted by Gasteiger charge is -2.32. The van der Waals surface area contributed by atoms with Gasteiger partial charge in [0.1, 0.15) is 11.8 Å². The van der Waals surface area contributed by atoms with Gasteiger partial charge in [0.25, 0.3) is 5.91 Å². The molecule has 3 heterocycles. The number of hydrogen-bond donors (Lipinski definition) is 1. The number of fused-ring (bicyclic) bond motifs is 1. The first kappa shape index (κ1) is 15.4. The monoisotopic (exact) mass is 339 g/mol. The van der Waals surface area contributed by atoms with Gasteiger partial charge in [-0.1, -0.05) is 18.2 Å². The van der Waals surface area contributed by atoms with Crippen LogP contribution in [0.3, 0.4) is 0 Å². The Labute approximate surface area is 143 Å². The topological polar surface area (TPSA) is 88.6 Å². The number of benzene rings is 1. The number of carboxylic acids is 1. The van der Waals surface area contributed by atoms with Gasteiger partial charge in [-0.3, -0.25) is 9.48 Å². The van der Waals surface area contributed by atoms with Gasteiger partial charge in [0.15, 0.2) is 0 Å². The molecule has 0 atom stereocenters. The van der Waals surface area contributed by atoms with Crippen LogP contribution in [0, 0.1) is 0 Å². The lowest BCUT2D eigenvalue weighted by Crippen LogP contribution is -2.39. The largest absolute Gasteiger partial charge is 0.478 e. The molecule has 1 N–H and O–H groups in total. The molecule has 0 unspecified atom stereocenters. The van der Waals surface area contributed by atoms with Crippen molar-refractivity contribution in [2.45, 2.75) is 18.9 Å². The minimum atomic E-state index is -0.981. The van der Waals surface area contributed by atoms with Crippen LogP contribution in [0.15, 0.2) is 47.3 Å². The number of aromatic carboxylic acids is 1. The SMILES string of the molecule is O=C(O)c1cnn(C2CCN(C(=O)c3coc4ccccc34)CC2)c1. The summed E-state index contributed by atoms with van der Waals surface area (Å²) < 4.78 is 7.15. The third-order valence-electron chi connectivity index (χ3n) is 4.69. The summed E-state index contributed by atoms with van der Waals surface area (Å²) in [7, 11) is 0. The number of hydrogen-bond acceptors (Lipinski definition) is 4. The van der Waals surface area contributed by atoms with Crippen molar-refractivity contribution >= 4 is 22.8 Å². The van der Waals surface area contributed by atoms with Crippen molar-refractivity contribution < 1.29 is 19.1 Å². The minimum Gasteiger partial charge on any atom is -0.478 e. The highest BCUT2D eigenvalue weighted by atomic mass is 16.4. The van der Waals surface area contributed by atoms with Crippen LogP contribution in [0.1, 0.15) is 39.6 Å². The molecule has 128 valence electrons. The standard InChI is InChI=1S/C18H17N3O4/c22-17(15-11-25-16-4-2-1-3-14(15)16)20-7-5-13(6-8-20)21-10-12(9-19-21)18(23)24/h1-4,9-11,13H,5-8H2,(H,23,24). The number of carbonyl (C=O) groups is 2. The molecule has 4 rings (SSSR count). The van der Waals surface area contributed by atoms with E-state index in [4.69, 9.17) is 9.52 Å². The summed E-state index contributed by atoms with van der Waals surface area (Å²) in [5.41, 5.74) is 1.48. The molecule has 1 aromatic carbocycles. The van der Waals surface area contributed by atoms with Gasteiger partial charge in [-0.05, 0) is 18.9 Å². The molecule has 7 heteroatoms. The van der Waals surface area contributed by atoms with Gasteiger partial charge in [-0.2, -0.15) is 5.10 Å². The predicted octanol–water partition coefficient (Wildman–Crippen LogP) is 2.80. The summed E-state index contributed by atoms with van der Waals surface area (Å²) in [4.78, 5) is 25.6. The quantitative estimate of drug-likeness (QED) is 0.792. The van der Waals surface area contributed by atoms with Crippen molar-refractivity contribution in [3.8, 4) is 0 Å². The molecule has 1 aliphatic rings. The van der Waals surface area contributed by atoms with Crippen molar-refractivity contribution in [1.82, 2.24) is 14.7 Å². The van der Waals surface area contributed by atoms with Crippen molar-refractivity contribution in [3.63, 3.8) is 0 Å². The van der Waals surface area contributed by atoms with Crippen LogP contribution in [0.2, 0.25) is 0 Å². The van der Waals surface area contributed by atoms with Gasteiger partial charge in [-0.25, -0.2) is 4.79 Å². The van der Waals surface area contributed by atoms with E-state index in [-0.39, 0.29) is 17.5 Å². The molecule has 0 aliphatic carbocycles. The predicted molar refractivity (Wildman–Crippen MR) is 89.6 cm³/mol. The number of aromatic nitrogens is 2. The zero-order valence-electron chi connectivity index (χ0n) is 13.5. The van der Waals surface area contributed by atoms with Crippen LogP contribution < -0.4 is 0 Å². The van der Waals surface area contributed by atoms with Crippen molar-refractivity contribution in [3.05, 3.63) is 54.0 Å². The second-order valence-corrected chi connectivity index (χ2v) is 6.18. The molecule has 25 heavy (non-hydrogen) atoms. The number of piperidine rings is 1. The van der Waals surface area contributed by atoms with Crippen LogP contribution in [-0.4, -0.2) is 44.8 Å². The Balaban J connectivity index is 1.46. The second kappa shape index (κ2) is 6.08. The average molecular weight is 339 g/mol. The molecule has 0 radical (unpaired) electrons. The van der Waals surface area contributed by atoms with E-state index in [0.717, 1.165) is 18.2 Å². The average Bonchev–Trinajstić information content (AvgIpc) is 3.29. The maximum Gasteiger partial charge on any atom is 0.338 e. The minimum absolute atomic E-state index is 0.0323. The fraction of sp³-hybridized carbons (Fsp3) is 0.278. The van der Waals surface area contributed by atoms with E-state index in [1.807, 2.05) is 29.2 Å². The van der Waals surface area contributed by atoms with Crippen LogP contribution in [0.4, 0.5) is 0 Å². The molecular formula is C18H17N3O4. The Bertz CT molecular complexity index is 935. The van der Waals surface area contributed by atoms with E-state index in [9.17, 15) is 9.59 Å². The maximum atomic E-state index is 12.8. The summed E-state index contributed by atoms with van der Waals surface area (Å²) in [6, 6.07) is 7.60. The zero-order valence-corrected chi connectivity index (χ0v) is 13.5. The maximum absolute atomic E-state index is 12.8. The number of nitrogens with zero attached hydrogens (tertiary/aromatic N) is 3. The zero-order chi connectivity index (χ0) is 17.4. The van der Waals surface area contributed by atoms with Gasteiger partial charge >= 0.3 is 5.97 Å². The van der Waals surface area contributed by atoms with Crippen LogP contribution >= 0.6 is 0 Å². The lowest BCUT2D eigenvalue weighted by molar-refractivity contribution is 0.0689. The first-order chi connectivity index (χ1) is 12.1. The van der Waals surface area contributed by atoms with Crippen LogP contribution in [0.5, 0.6) is 0 Å². The molecule has 0 saturated carbocycles. The first-order valence-electron chi connectivity index (χ1n) is 8.16. The van der Waals surface area contributed by atoms with Gasteiger partial charge in [-0.15, -0.1) is 0 Å². The fourth-order valence-corrected chi connectivity index (χ4v) is 3.30. The molecule has 7 nitrogen and oxygen atoms in total. The number of amides is 1. The number of carboxylic acid groups (broad SMARTS) is 1. The third-order valence-corrected chi connectivity index (χ3v) is 4.69. The number of furan rings is 1. The molecule has 1 saturated heterocycles. The second-order valence-electron chi connectivity index (χ2n) is 6.18. The lowest BCUT2D eigenvalue weighted by atomic mass is 10.0. The fourth-order valence-electron chi connectivity index (χ4n) is 3.30. The Morgan fingerprint density at radius 1 is 1.20 bits per heavy atom. The van der Waals surface area contributed by atoms with Crippen molar-refractivity contribution in [2.24, 2.45) is 0 Å². The number of rotatable bonds is 3. The molecule has 1 fully saturated rings. The van der Waals surface area contributed by atoms with E-state index in [0.29, 0.717) is 24.2 Å². The summed E-state index contributed by atoms with van der Waals surface area (Å²) in [6.45, 7) is 1.20. The van der Waals surface area contributed by atoms with E-state index < -0.39 is 5.97 Å². The Morgan fingerprint density at radius 3 is 2.68 bits per heavy atom.